The van der Waals surface area contributed by atoms with Gasteiger partial charge in [0, 0.05) is 23.6 Å². The lowest BCUT2D eigenvalue weighted by Gasteiger charge is -2.06. The van der Waals surface area contributed by atoms with E-state index in [4.69, 9.17) is 10.00 Å². The van der Waals surface area contributed by atoms with Crippen molar-refractivity contribution < 1.29 is 4.74 Å². The van der Waals surface area contributed by atoms with E-state index in [-0.39, 0.29) is 0 Å². The van der Waals surface area contributed by atoms with Gasteiger partial charge in [-0.2, -0.15) is 5.26 Å². The zero-order valence-corrected chi connectivity index (χ0v) is 10.3. The Morgan fingerprint density at radius 3 is 2.74 bits per heavy atom. The third-order valence-electron chi connectivity index (χ3n) is 3.87. The van der Waals surface area contributed by atoms with Crippen LogP contribution in [0.5, 0.6) is 5.75 Å². The predicted molar refractivity (Wildman–Crippen MR) is 73.8 cm³/mol. The van der Waals surface area contributed by atoms with Crippen LogP contribution in [0, 0.1) is 11.3 Å². The number of benzene rings is 2. The number of ether oxygens (including phenoxy) is 1. The van der Waals surface area contributed by atoms with Crippen molar-refractivity contribution in [2.75, 3.05) is 6.61 Å². The Morgan fingerprint density at radius 1 is 1.05 bits per heavy atom. The number of nitriles is 1. The third-order valence-corrected chi connectivity index (χ3v) is 3.87. The maximum atomic E-state index is 9.07. The number of allylic oxidation sites excluding steroid dienone is 1. The summed E-state index contributed by atoms with van der Waals surface area (Å²) in [5.41, 5.74) is 7.07. The lowest BCUT2D eigenvalue weighted by Crippen LogP contribution is -1.89. The molecule has 0 saturated heterocycles. The highest BCUT2D eigenvalue weighted by Gasteiger charge is 2.29. The fraction of sp³-hybridized carbons (Fsp3) is 0.118. The van der Waals surface area contributed by atoms with E-state index in [1.54, 1.807) is 6.08 Å². The Labute approximate surface area is 111 Å². The van der Waals surface area contributed by atoms with Gasteiger partial charge in [-0.25, -0.2) is 0 Å². The van der Waals surface area contributed by atoms with E-state index in [9.17, 15) is 0 Å². The molecule has 0 radical (unpaired) electrons. The quantitative estimate of drug-likeness (QED) is 0.567. The first-order valence-corrected chi connectivity index (χ1v) is 6.39. The van der Waals surface area contributed by atoms with Gasteiger partial charge in [0.1, 0.15) is 5.75 Å². The fourth-order valence-electron chi connectivity index (χ4n) is 3.11. The molecular weight excluding hydrogens is 234 g/mol. The molecule has 2 aromatic rings. The van der Waals surface area contributed by atoms with Gasteiger partial charge >= 0.3 is 0 Å². The van der Waals surface area contributed by atoms with Gasteiger partial charge in [0.25, 0.3) is 0 Å². The summed E-state index contributed by atoms with van der Waals surface area (Å²) < 4.78 is 5.64. The Kier molecular flexibility index (Phi) is 2.04. The minimum absolute atomic E-state index is 0.738. The number of rotatable bonds is 0. The van der Waals surface area contributed by atoms with Gasteiger partial charge in [0.2, 0.25) is 0 Å². The molecule has 90 valence electrons. The van der Waals surface area contributed by atoms with Crippen LogP contribution >= 0.6 is 0 Å². The van der Waals surface area contributed by atoms with E-state index in [2.05, 4.69) is 24.3 Å². The van der Waals surface area contributed by atoms with E-state index in [1.807, 2.05) is 18.2 Å². The summed E-state index contributed by atoms with van der Waals surface area (Å²) in [6.45, 7) is 0.738. The molecular formula is C17H11NO. The normalized spacial score (nSPS) is 16.5. The first-order valence-electron chi connectivity index (χ1n) is 6.39. The first kappa shape index (κ1) is 10.4. The van der Waals surface area contributed by atoms with E-state index in [0.717, 1.165) is 29.9 Å². The second-order valence-corrected chi connectivity index (χ2v) is 4.80. The van der Waals surface area contributed by atoms with Crippen LogP contribution < -0.4 is 4.74 Å². The summed E-state index contributed by atoms with van der Waals surface area (Å²) in [6.07, 6.45) is 2.58. The number of fused-ring (bicyclic) bond motifs is 5. The van der Waals surface area contributed by atoms with Crippen molar-refractivity contribution >= 4 is 5.57 Å². The standard InChI is InChI=1S/C17H11NO/c18-9-7-14-12-4-2-1-3-11(12)13-5-6-16-15(17(13)14)8-10-19-16/h1-7H,8,10H2/b14-7-. The predicted octanol–water partition coefficient (Wildman–Crippen LogP) is 3.56. The van der Waals surface area contributed by atoms with Crippen LogP contribution in [0.1, 0.15) is 16.7 Å². The second-order valence-electron chi connectivity index (χ2n) is 4.80. The number of nitrogens with zero attached hydrogens (tertiary/aromatic N) is 1. The van der Waals surface area contributed by atoms with Gasteiger partial charge in [-0.05, 0) is 28.3 Å². The molecule has 2 aromatic carbocycles. The Hall–Kier alpha value is -2.53. The fourth-order valence-corrected chi connectivity index (χ4v) is 3.11. The Balaban J connectivity index is 2.11. The molecule has 0 aromatic heterocycles. The molecule has 4 rings (SSSR count). The molecule has 2 nitrogen and oxygen atoms in total. The average Bonchev–Trinajstić information content (AvgIpc) is 3.02. The molecule has 1 heterocycles. The van der Waals surface area contributed by atoms with Crippen LogP contribution in [0.25, 0.3) is 16.7 Å². The molecule has 2 aliphatic rings. The summed E-state index contributed by atoms with van der Waals surface area (Å²) in [5.74, 6) is 0.968. The van der Waals surface area contributed by atoms with Crippen LogP contribution in [-0.4, -0.2) is 6.61 Å². The molecule has 0 amide bonds. The minimum Gasteiger partial charge on any atom is -0.493 e. The highest BCUT2D eigenvalue weighted by Crippen LogP contribution is 2.48. The molecule has 0 atom stereocenters. The van der Waals surface area contributed by atoms with Gasteiger partial charge < -0.3 is 4.74 Å². The van der Waals surface area contributed by atoms with Crippen molar-refractivity contribution in [3.8, 4) is 22.9 Å². The van der Waals surface area contributed by atoms with Crippen molar-refractivity contribution in [3.05, 3.63) is 59.2 Å². The highest BCUT2D eigenvalue weighted by atomic mass is 16.5. The number of hydrogen-bond acceptors (Lipinski definition) is 2. The van der Waals surface area contributed by atoms with Crippen LogP contribution in [-0.2, 0) is 6.42 Å². The highest BCUT2D eigenvalue weighted by molar-refractivity contribution is 6.03. The van der Waals surface area contributed by atoms with Crippen LogP contribution in [0.4, 0.5) is 0 Å². The molecule has 1 aliphatic heterocycles. The maximum absolute atomic E-state index is 9.07. The van der Waals surface area contributed by atoms with Crippen molar-refractivity contribution in [2.24, 2.45) is 0 Å². The van der Waals surface area contributed by atoms with Crippen LogP contribution in [0.3, 0.4) is 0 Å². The molecule has 0 bridgehead atoms. The van der Waals surface area contributed by atoms with Crippen molar-refractivity contribution in [3.63, 3.8) is 0 Å². The largest absolute Gasteiger partial charge is 0.493 e. The first-order chi connectivity index (χ1) is 9.40. The Morgan fingerprint density at radius 2 is 1.89 bits per heavy atom. The lowest BCUT2D eigenvalue weighted by molar-refractivity contribution is 0.357. The SMILES string of the molecule is N#C/C=C1/c2ccccc2-c2ccc3c(c21)CCO3. The van der Waals surface area contributed by atoms with Crippen molar-refractivity contribution in [1.29, 1.82) is 5.26 Å². The minimum atomic E-state index is 0.738. The Bertz CT molecular complexity index is 765. The smallest absolute Gasteiger partial charge is 0.123 e. The van der Waals surface area contributed by atoms with E-state index in [0.29, 0.717) is 0 Å². The number of hydrogen-bond donors (Lipinski definition) is 0. The summed E-state index contributed by atoms with van der Waals surface area (Å²) in [6, 6.07) is 14.6. The summed E-state index contributed by atoms with van der Waals surface area (Å²) in [4.78, 5) is 0. The molecule has 0 fully saturated rings. The summed E-state index contributed by atoms with van der Waals surface area (Å²) in [7, 11) is 0. The monoisotopic (exact) mass is 245 g/mol. The third kappa shape index (κ3) is 1.30. The molecule has 0 unspecified atom stereocenters. The van der Waals surface area contributed by atoms with Crippen LogP contribution in [0.2, 0.25) is 0 Å². The molecule has 19 heavy (non-hydrogen) atoms. The molecule has 2 heteroatoms. The maximum Gasteiger partial charge on any atom is 0.123 e. The van der Waals surface area contributed by atoms with Crippen LogP contribution in [0.15, 0.2) is 42.5 Å². The van der Waals surface area contributed by atoms with E-state index in [1.165, 1.54) is 22.3 Å². The van der Waals surface area contributed by atoms with E-state index < -0.39 is 0 Å². The zero-order chi connectivity index (χ0) is 12.8. The van der Waals surface area contributed by atoms with Crippen molar-refractivity contribution in [2.45, 2.75) is 6.42 Å². The van der Waals surface area contributed by atoms with Gasteiger partial charge in [-0.3, -0.25) is 0 Å². The molecule has 0 N–H and O–H groups in total. The lowest BCUT2D eigenvalue weighted by atomic mass is 9.96. The summed E-state index contributed by atoms with van der Waals surface area (Å²) >= 11 is 0. The molecule has 0 saturated carbocycles. The second kappa shape index (κ2) is 3.73. The van der Waals surface area contributed by atoms with Gasteiger partial charge in [-0.1, -0.05) is 30.3 Å². The van der Waals surface area contributed by atoms with Gasteiger partial charge in [0.15, 0.2) is 0 Å². The average molecular weight is 245 g/mol. The molecule has 1 aliphatic carbocycles. The van der Waals surface area contributed by atoms with Crippen molar-refractivity contribution in [1.82, 2.24) is 0 Å². The van der Waals surface area contributed by atoms with Gasteiger partial charge in [-0.15, -0.1) is 0 Å². The summed E-state index contributed by atoms with van der Waals surface area (Å²) in [5, 5.41) is 9.07. The topological polar surface area (TPSA) is 33.0 Å². The van der Waals surface area contributed by atoms with Gasteiger partial charge in [0.05, 0.1) is 12.7 Å². The molecule has 0 spiro atoms. The van der Waals surface area contributed by atoms with E-state index >= 15 is 0 Å². The zero-order valence-electron chi connectivity index (χ0n) is 10.3.